The van der Waals surface area contributed by atoms with Crippen molar-refractivity contribution in [2.75, 3.05) is 0 Å². The minimum Gasteiger partial charge on any atom is -0.462 e. The van der Waals surface area contributed by atoms with Gasteiger partial charge in [-0.1, -0.05) is 32.1 Å². The number of allylic oxidation sites excluding steroid dienone is 3. The molecule has 1 fully saturated rings. The largest absolute Gasteiger partial charge is 0.462 e. The normalized spacial score (nSPS) is 36.9. The number of carbonyl (C=O) groups excluding carboxylic acids is 2. The smallest absolute Gasteiger partial charge is 0.302 e. The molecule has 4 atom stereocenters. The van der Waals surface area contributed by atoms with Crippen molar-refractivity contribution in [1.82, 2.24) is 0 Å². The standard InChI is InChI=1S/C17H24O3/c1-10(2)13-6-7-14-15(19)8-16(20-12(4)18)11(3)17(14,5)9-13/h7,11,13,16H,1,6,8-9H2,2-5H3/t11-,13-,16-,17-/m1/s1. The summed E-state index contributed by atoms with van der Waals surface area (Å²) in [6.07, 6.45) is 3.92. The Kier molecular flexibility index (Phi) is 3.90. The summed E-state index contributed by atoms with van der Waals surface area (Å²) in [5.41, 5.74) is 1.89. The minimum absolute atomic E-state index is 0.136. The summed E-state index contributed by atoms with van der Waals surface area (Å²) in [5, 5.41) is 0. The number of ketones is 1. The van der Waals surface area contributed by atoms with Gasteiger partial charge in [-0.15, -0.1) is 0 Å². The van der Waals surface area contributed by atoms with Gasteiger partial charge < -0.3 is 4.74 Å². The third-order valence-electron chi connectivity index (χ3n) is 5.16. The van der Waals surface area contributed by atoms with Crippen LogP contribution in [0, 0.1) is 17.3 Å². The summed E-state index contributed by atoms with van der Waals surface area (Å²) in [6, 6.07) is 0. The van der Waals surface area contributed by atoms with Crippen LogP contribution in [-0.4, -0.2) is 17.9 Å². The van der Waals surface area contributed by atoms with Crippen molar-refractivity contribution < 1.29 is 14.3 Å². The van der Waals surface area contributed by atoms with E-state index in [2.05, 4.69) is 26.5 Å². The number of carbonyl (C=O) groups is 2. The first kappa shape index (κ1) is 15.0. The molecule has 20 heavy (non-hydrogen) atoms. The lowest BCUT2D eigenvalue weighted by Gasteiger charge is -2.48. The Morgan fingerprint density at radius 2 is 2.10 bits per heavy atom. The molecule has 1 saturated carbocycles. The van der Waals surface area contributed by atoms with Crippen LogP contribution in [-0.2, 0) is 14.3 Å². The molecule has 0 spiro atoms. The molecule has 0 bridgehead atoms. The highest BCUT2D eigenvalue weighted by Crippen LogP contribution is 2.52. The number of ether oxygens (including phenoxy) is 1. The third kappa shape index (κ3) is 2.46. The average Bonchev–Trinajstić information content (AvgIpc) is 2.34. The number of Topliss-reactive ketones (excluding diaryl/α,β-unsaturated/α-hetero) is 1. The van der Waals surface area contributed by atoms with Gasteiger partial charge in [0, 0.05) is 24.7 Å². The minimum atomic E-state index is -0.307. The van der Waals surface area contributed by atoms with Crippen LogP contribution in [0.4, 0.5) is 0 Å². The number of hydrogen-bond donors (Lipinski definition) is 0. The van der Waals surface area contributed by atoms with Crippen molar-refractivity contribution in [2.24, 2.45) is 17.3 Å². The highest BCUT2D eigenvalue weighted by molar-refractivity contribution is 5.98. The molecule has 0 unspecified atom stereocenters. The monoisotopic (exact) mass is 276 g/mol. The Hall–Kier alpha value is -1.38. The lowest BCUT2D eigenvalue weighted by molar-refractivity contribution is -0.155. The van der Waals surface area contributed by atoms with E-state index < -0.39 is 0 Å². The van der Waals surface area contributed by atoms with E-state index in [1.165, 1.54) is 6.92 Å². The molecule has 0 saturated heterocycles. The van der Waals surface area contributed by atoms with Crippen molar-refractivity contribution in [3.63, 3.8) is 0 Å². The first-order valence-electron chi connectivity index (χ1n) is 7.32. The molecule has 2 rings (SSSR count). The van der Waals surface area contributed by atoms with E-state index in [-0.39, 0.29) is 29.2 Å². The fraction of sp³-hybridized carbons (Fsp3) is 0.647. The maximum absolute atomic E-state index is 12.4. The first-order valence-corrected chi connectivity index (χ1v) is 7.32. The Bertz CT molecular complexity index is 488. The summed E-state index contributed by atoms with van der Waals surface area (Å²) in [4.78, 5) is 23.6. The van der Waals surface area contributed by atoms with Crippen molar-refractivity contribution in [3.8, 4) is 0 Å². The van der Waals surface area contributed by atoms with Gasteiger partial charge in [-0.25, -0.2) is 0 Å². The molecular formula is C17H24O3. The Balaban J connectivity index is 2.33. The molecule has 3 nitrogen and oxygen atoms in total. The van der Waals surface area contributed by atoms with E-state index in [0.29, 0.717) is 12.3 Å². The van der Waals surface area contributed by atoms with Crippen molar-refractivity contribution in [2.45, 2.75) is 53.1 Å². The molecule has 0 radical (unpaired) electrons. The van der Waals surface area contributed by atoms with Crippen LogP contribution < -0.4 is 0 Å². The molecular weight excluding hydrogens is 252 g/mol. The summed E-state index contributed by atoms with van der Waals surface area (Å²) in [6.45, 7) is 11.7. The molecule has 110 valence electrons. The highest BCUT2D eigenvalue weighted by Gasteiger charge is 2.50. The van der Waals surface area contributed by atoms with Gasteiger partial charge in [-0.2, -0.15) is 0 Å². The molecule has 0 aromatic rings. The van der Waals surface area contributed by atoms with Crippen LogP contribution in [0.5, 0.6) is 0 Å². The molecule has 0 heterocycles. The molecule has 0 amide bonds. The van der Waals surface area contributed by atoms with E-state index in [1.807, 2.05) is 6.92 Å². The van der Waals surface area contributed by atoms with Gasteiger partial charge in [0.05, 0.1) is 0 Å². The number of rotatable bonds is 2. The maximum atomic E-state index is 12.4. The second-order valence-corrected chi connectivity index (χ2v) is 6.58. The molecule has 0 aromatic heterocycles. The second kappa shape index (κ2) is 5.19. The molecule has 2 aliphatic rings. The fourth-order valence-corrected chi connectivity index (χ4v) is 3.67. The zero-order valence-electron chi connectivity index (χ0n) is 12.9. The van der Waals surface area contributed by atoms with Gasteiger partial charge >= 0.3 is 5.97 Å². The fourth-order valence-electron chi connectivity index (χ4n) is 3.67. The SMILES string of the molecule is C=C(C)[C@@H]1CC=C2C(=O)C[C@@H](OC(C)=O)[C@@H](C)[C@@]2(C)C1. The van der Waals surface area contributed by atoms with E-state index in [0.717, 1.165) is 24.0 Å². The second-order valence-electron chi connectivity index (χ2n) is 6.58. The molecule has 0 N–H and O–H groups in total. The summed E-state index contributed by atoms with van der Waals surface area (Å²) in [5.74, 6) is 0.391. The van der Waals surface area contributed by atoms with E-state index >= 15 is 0 Å². The van der Waals surface area contributed by atoms with E-state index in [1.54, 1.807) is 0 Å². The van der Waals surface area contributed by atoms with Gasteiger partial charge in [0.15, 0.2) is 5.78 Å². The zero-order chi connectivity index (χ0) is 15.1. The average molecular weight is 276 g/mol. The number of esters is 1. The third-order valence-corrected chi connectivity index (χ3v) is 5.16. The van der Waals surface area contributed by atoms with Crippen LogP contribution >= 0.6 is 0 Å². The zero-order valence-corrected chi connectivity index (χ0v) is 12.9. The van der Waals surface area contributed by atoms with Crippen molar-refractivity contribution in [1.29, 1.82) is 0 Å². The topological polar surface area (TPSA) is 43.4 Å². The van der Waals surface area contributed by atoms with E-state index in [9.17, 15) is 9.59 Å². The number of fused-ring (bicyclic) bond motifs is 1. The molecule has 0 aliphatic heterocycles. The maximum Gasteiger partial charge on any atom is 0.302 e. The lowest BCUT2D eigenvalue weighted by Crippen LogP contribution is -2.48. The van der Waals surface area contributed by atoms with Gasteiger partial charge in [0.25, 0.3) is 0 Å². The van der Waals surface area contributed by atoms with Gasteiger partial charge in [-0.3, -0.25) is 9.59 Å². The summed E-state index contributed by atoms with van der Waals surface area (Å²) >= 11 is 0. The summed E-state index contributed by atoms with van der Waals surface area (Å²) < 4.78 is 5.37. The van der Waals surface area contributed by atoms with Crippen LogP contribution in [0.15, 0.2) is 23.8 Å². The Morgan fingerprint density at radius 3 is 2.65 bits per heavy atom. The van der Waals surface area contributed by atoms with Gasteiger partial charge in [-0.05, 0) is 31.3 Å². The lowest BCUT2D eigenvalue weighted by atomic mass is 9.56. The Morgan fingerprint density at radius 1 is 1.45 bits per heavy atom. The summed E-state index contributed by atoms with van der Waals surface area (Å²) in [7, 11) is 0. The molecule has 0 aromatic carbocycles. The van der Waals surface area contributed by atoms with Crippen LogP contribution in [0.1, 0.15) is 47.0 Å². The van der Waals surface area contributed by atoms with Gasteiger partial charge in [0.1, 0.15) is 6.10 Å². The Labute approximate surface area is 121 Å². The quantitative estimate of drug-likeness (QED) is 0.573. The van der Waals surface area contributed by atoms with Crippen molar-refractivity contribution in [3.05, 3.63) is 23.8 Å². The highest BCUT2D eigenvalue weighted by atomic mass is 16.5. The molecule has 3 heteroatoms. The van der Waals surface area contributed by atoms with Gasteiger partial charge in [0.2, 0.25) is 0 Å². The van der Waals surface area contributed by atoms with Crippen LogP contribution in [0.3, 0.4) is 0 Å². The van der Waals surface area contributed by atoms with Crippen molar-refractivity contribution >= 4 is 11.8 Å². The van der Waals surface area contributed by atoms with Crippen LogP contribution in [0.25, 0.3) is 0 Å². The first-order chi connectivity index (χ1) is 9.25. The predicted octanol–water partition coefficient (Wildman–Crippen LogP) is 3.45. The predicted molar refractivity (Wildman–Crippen MR) is 78.1 cm³/mol. The number of hydrogen-bond acceptors (Lipinski definition) is 3. The van der Waals surface area contributed by atoms with E-state index in [4.69, 9.17) is 4.74 Å². The van der Waals surface area contributed by atoms with Crippen LogP contribution in [0.2, 0.25) is 0 Å². The molecule has 2 aliphatic carbocycles.